The fourth-order valence-corrected chi connectivity index (χ4v) is 4.68. The van der Waals surface area contributed by atoms with E-state index in [1.54, 1.807) is 0 Å². The van der Waals surface area contributed by atoms with E-state index in [1.165, 1.54) is 27.6 Å². The van der Waals surface area contributed by atoms with Crippen molar-refractivity contribution in [2.45, 2.75) is 13.3 Å². The Morgan fingerprint density at radius 2 is 1.95 bits per heavy atom. The van der Waals surface area contributed by atoms with Gasteiger partial charge in [-0.25, -0.2) is 11.4 Å². The van der Waals surface area contributed by atoms with Gasteiger partial charge in [0, 0.05) is 0 Å². The van der Waals surface area contributed by atoms with E-state index in [9.17, 15) is 0 Å². The summed E-state index contributed by atoms with van der Waals surface area (Å²) >= 11 is 0. The van der Waals surface area contributed by atoms with Gasteiger partial charge < -0.3 is 9.41 Å². The molecule has 2 aromatic carbocycles. The Balaban J connectivity index is 0.00000120. The van der Waals surface area contributed by atoms with Crippen molar-refractivity contribution in [1.82, 2.24) is 0 Å². The maximum absolute atomic E-state index is 3.49. The molecule has 0 saturated heterocycles. The normalized spacial score (nSPS) is 13.9. The van der Waals surface area contributed by atoms with E-state index in [4.69, 9.17) is 0 Å². The number of allylic oxidation sites excluding steroid dienone is 4. The average Bonchev–Trinajstić information content (AvgIpc) is 3.01. The van der Waals surface area contributed by atoms with Crippen molar-refractivity contribution in [3.8, 4) is 0 Å². The quantitative estimate of drug-likeness (QED) is 0.360. The Bertz CT molecular complexity index is 601. The second-order valence-corrected chi connectivity index (χ2v) is 6.67. The number of hydrogen-bond acceptors (Lipinski definition) is 0. The molecule has 0 aliphatic heterocycles. The molecule has 0 aromatic heterocycles. The van der Waals surface area contributed by atoms with Crippen molar-refractivity contribution < 1.29 is 31.1 Å². The smallest absolute Gasteiger partial charge is 1.00 e. The molecule has 0 fully saturated rings. The summed E-state index contributed by atoms with van der Waals surface area (Å²) in [4.78, 5) is 0. The van der Waals surface area contributed by atoms with Crippen LogP contribution >= 0.6 is 7.92 Å². The summed E-state index contributed by atoms with van der Waals surface area (Å²) in [5.74, 6) is 0. The Kier molecular flexibility index (Phi) is 8.27. The van der Waals surface area contributed by atoms with Gasteiger partial charge >= 0.3 is 21.7 Å². The second kappa shape index (κ2) is 8.57. The summed E-state index contributed by atoms with van der Waals surface area (Å²) in [6.45, 7) is 2.29. The van der Waals surface area contributed by atoms with Gasteiger partial charge in [-0.1, -0.05) is 13.0 Å². The van der Waals surface area contributed by atoms with Crippen molar-refractivity contribution in [3.63, 3.8) is 0 Å². The van der Waals surface area contributed by atoms with Crippen LogP contribution in [-0.2, 0) is 21.7 Å². The molecule has 2 aromatic rings. The van der Waals surface area contributed by atoms with Gasteiger partial charge in [0.25, 0.3) is 0 Å². The summed E-state index contributed by atoms with van der Waals surface area (Å²) in [5, 5.41) is 5.74. The van der Waals surface area contributed by atoms with Crippen LogP contribution in [0.3, 0.4) is 0 Å². The zero-order valence-corrected chi connectivity index (χ0v) is 13.7. The third-order valence-corrected chi connectivity index (χ3v) is 5.72. The Morgan fingerprint density at radius 1 is 1.20 bits per heavy atom. The maximum atomic E-state index is 3.49. The zero-order chi connectivity index (χ0) is 11.7. The molecule has 0 spiro atoms. The minimum atomic E-state index is -0.199. The molecular weight excluding hydrogens is 309 g/mol. The topological polar surface area (TPSA) is 0 Å². The number of rotatable bonds is 3. The van der Waals surface area contributed by atoms with Crippen molar-refractivity contribution in [2.75, 3.05) is 6.16 Å². The molecule has 20 heavy (non-hydrogen) atoms. The van der Waals surface area contributed by atoms with E-state index in [0.29, 0.717) is 0 Å². The van der Waals surface area contributed by atoms with E-state index in [0.717, 1.165) is 6.42 Å². The summed E-state index contributed by atoms with van der Waals surface area (Å²) < 4.78 is 0. The molecule has 0 N–H and O–H groups in total. The van der Waals surface area contributed by atoms with E-state index >= 15 is 0 Å². The zero-order valence-electron chi connectivity index (χ0n) is 11.2. The summed E-state index contributed by atoms with van der Waals surface area (Å²) in [6, 6.07) is 13.2. The molecule has 0 saturated carbocycles. The number of hydrogen-bond donors (Lipinski definition) is 0. The third-order valence-electron chi connectivity index (χ3n) is 3.23. The molecule has 1 aliphatic carbocycles. The molecular formula is C16H15F2PTi. The van der Waals surface area contributed by atoms with E-state index in [-0.39, 0.29) is 39.0 Å². The van der Waals surface area contributed by atoms with Crippen LogP contribution in [-0.4, -0.2) is 6.16 Å². The van der Waals surface area contributed by atoms with Crippen molar-refractivity contribution >= 4 is 24.0 Å². The summed E-state index contributed by atoms with van der Waals surface area (Å²) in [6.07, 6.45) is 10.2. The first-order valence-electron chi connectivity index (χ1n) is 6.09. The minimum absolute atomic E-state index is 0. The van der Waals surface area contributed by atoms with Gasteiger partial charge in [0.15, 0.2) is 0 Å². The molecule has 0 nitrogen and oxygen atoms in total. The summed E-state index contributed by atoms with van der Waals surface area (Å²) in [7, 11) is -0.199. The predicted octanol–water partition coefficient (Wildman–Crippen LogP) is -1.66. The van der Waals surface area contributed by atoms with Gasteiger partial charge in [0.2, 0.25) is 0 Å². The number of fused-ring (bicyclic) bond motifs is 1. The molecule has 1 aliphatic rings. The molecule has 0 bridgehead atoms. The molecule has 0 radical (unpaired) electrons. The van der Waals surface area contributed by atoms with E-state index in [2.05, 4.69) is 61.5 Å². The number of benzene rings is 1. The molecule has 4 heteroatoms. The summed E-state index contributed by atoms with van der Waals surface area (Å²) in [5.41, 5.74) is 0. The van der Waals surface area contributed by atoms with Crippen molar-refractivity contribution in [3.05, 3.63) is 59.9 Å². The first-order chi connectivity index (χ1) is 8.40. The SMILES string of the molecule is CCP(C1=[C-]CC=C1)[c-]1ccc2ccccc21.[F-].[F-].[Ti+4]. The monoisotopic (exact) mass is 324 g/mol. The van der Waals surface area contributed by atoms with E-state index in [1.807, 2.05) is 0 Å². The Morgan fingerprint density at radius 3 is 2.60 bits per heavy atom. The van der Waals surface area contributed by atoms with Crippen LogP contribution < -0.4 is 14.7 Å². The van der Waals surface area contributed by atoms with Crippen LogP contribution in [0, 0.1) is 6.08 Å². The Labute approximate surface area is 134 Å². The van der Waals surface area contributed by atoms with Gasteiger partial charge in [-0.2, -0.15) is 12.1 Å². The van der Waals surface area contributed by atoms with Gasteiger partial charge in [0.1, 0.15) is 0 Å². The van der Waals surface area contributed by atoms with Gasteiger partial charge in [-0.15, -0.1) is 54.7 Å². The predicted molar refractivity (Wildman–Crippen MR) is 77.1 cm³/mol. The van der Waals surface area contributed by atoms with Gasteiger partial charge in [0.05, 0.1) is 0 Å². The molecule has 1 unspecified atom stereocenters. The maximum Gasteiger partial charge on any atom is 4.00 e. The fourth-order valence-electron chi connectivity index (χ4n) is 2.42. The fraction of sp³-hybridized carbons (Fsp3) is 0.188. The molecule has 3 rings (SSSR count). The van der Waals surface area contributed by atoms with Crippen LogP contribution in [0.2, 0.25) is 0 Å². The van der Waals surface area contributed by atoms with Gasteiger partial charge in [-0.3, -0.25) is 6.08 Å². The molecule has 0 heterocycles. The molecule has 1 atom stereocenters. The standard InChI is InChI=1S/C16H15P.2FH.Ti/c1-2-17(14-8-4-5-9-14)16-12-11-13-7-3-6-10-15(13)16;;;/h3-4,6-8,10-12H,2,5H2,1H3;2*1H;/q-2;;;+4/p-2. The first kappa shape index (κ1) is 19.3. The van der Waals surface area contributed by atoms with Crippen molar-refractivity contribution in [1.29, 1.82) is 0 Å². The first-order valence-corrected chi connectivity index (χ1v) is 7.62. The molecule has 102 valence electrons. The third kappa shape index (κ3) is 3.49. The Hall–Kier alpha value is -0.686. The van der Waals surface area contributed by atoms with Gasteiger partial charge in [-0.05, 0) is 6.16 Å². The van der Waals surface area contributed by atoms with Crippen LogP contribution in [0.15, 0.2) is 53.9 Å². The largest absolute Gasteiger partial charge is 4.00 e. The van der Waals surface area contributed by atoms with E-state index < -0.39 is 0 Å². The van der Waals surface area contributed by atoms with Crippen molar-refractivity contribution in [2.24, 2.45) is 0 Å². The van der Waals surface area contributed by atoms with Crippen LogP contribution in [0.5, 0.6) is 0 Å². The minimum Gasteiger partial charge on any atom is -1.00 e. The van der Waals surface area contributed by atoms with Crippen LogP contribution in [0.25, 0.3) is 10.8 Å². The molecule has 0 amide bonds. The van der Waals surface area contributed by atoms with Crippen LogP contribution in [0.1, 0.15) is 13.3 Å². The number of halogens is 2. The second-order valence-electron chi connectivity index (χ2n) is 4.22. The van der Waals surface area contributed by atoms with Crippen LogP contribution in [0.4, 0.5) is 0 Å². The average molecular weight is 324 g/mol.